The number of carbonyl (C=O) groups excluding carboxylic acids is 1. The zero-order valence-electron chi connectivity index (χ0n) is 11.6. The summed E-state index contributed by atoms with van der Waals surface area (Å²) in [5.74, 6) is -0.0344. The quantitative estimate of drug-likeness (QED) is 0.876. The molecule has 5 heteroatoms. The van der Waals surface area contributed by atoms with Gasteiger partial charge in [0.15, 0.2) is 0 Å². The van der Waals surface area contributed by atoms with E-state index in [1.54, 1.807) is 48.5 Å². The van der Waals surface area contributed by atoms with E-state index in [0.29, 0.717) is 16.1 Å². The van der Waals surface area contributed by atoms with Gasteiger partial charge in [0.2, 0.25) is 0 Å². The first-order valence-electron chi connectivity index (χ1n) is 6.69. The zero-order chi connectivity index (χ0) is 15.0. The van der Waals surface area contributed by atoms with Crippen molar-refractivity contribution < 1.29 is 13.2 Å². The highest BCUT2D eigenvalue weighted by atomic mass is 32.2. The van der Waals surface area contributed by atoms with Gasteiger partial charge in [-0.05, 0) is 30.7 Å². The largest absolute Gasteiger partial charge is 0.300 e. The number of para-hydroxylation sites is 1. The van der Waals surface area contributed by atoms with Crippen LogP contribution in [0, 0.1) is 0 Å². The van der Waals surface area contributed by atoms with E-state index in [4.69, 9.17) is 0 Å². The van der Waals surface area contributed by atoms with Crippen LogP contribution < -0.4 is 4.31 Å². The van der Waals surface area contributed by atoms with Gasteiger partial charge in [-0.1, -0.05) is 36.4 Å². The van der Waals surface area contributed by atoms with E-state index in [-0.39, 0.29) is 12.2 Å². The molecule has 0 amide bonds. The second-order valence-corrected chi connectivity index (χ2v) is 6.88. The van der Waals surface area contributed by atoms with E-state index in [1.165, 1.54) is 11.2 Å². The van der Waals surface area contributed by atoms with Crippen molar-refractivity contribution >= 4 is 21.5 Å². The summed E-state index contributed by atoms with van der Waals surface area (Å²) >= 11 is 0. The topological polar surface area (TPSA) is 54.5 Å². The van der Waals surface area contributed by atoms with E-state index in [0.717, 1.165) is 0 Å². The highest BCUT2D eigenvalue weighted by Gasteiger charge is 2.42. The number of carbonyl (C=O) groups is 1. The SMILES string of the molecule is CC(=O)C[C@H]1c2ccccc2S(=O)(=O)N1c1ccccc1. The molecule has 0 fully saturated rings. The van der Waals surface area contributed by atoms with E-state index >= 15 is 0 Å². The molecular weight excluding hydrogens is 286 g/mol. The smallest absolute Gasteiger partial charge is 0.265 e. The van der Waals surface area contributed by atoms with Gasteiger partial charge in [-0.25, -0.2) is 8.42 Å². The average Bonchev–Trinajstić information content (AvgIpc) is 2.68. The summed E-state index contributed by atoms with van der Waals surface area (Å²) in [6.07, 6.45) is 0.172. The highest BCUT2D eigenvalue weighted by molar-refractivity contribution is 7.93. The number of hydrogen-bond acceptors (Lipinski definition) is 3. The molecule has 1 heterocycles. The molecule has 0 spiro atoms. The first-order valence-corrected chi connectivity index (χ1v) is 8.13. The minimum absolute atomic E-state index is 0.0344. The molecule has 1 aliphatic heterocycles. The van der Waals surface area contributed by atoms with Crippen molar-refractivity contribution in [1.29, 1.82) is 0 Å². The van der Waals surface area contributed by atoms with Crippen molar-refractivity contribution in [3.8, 4) is 0 Å². The predicted octanol–water partition coefficient (Wildman–Crippen LogP) is 2.92. The number of anilines is 1. The Morgan fingerprint density at radius 3 is 2.33 bits per heavy atom. The van der Waals surface area contributed by atoms with E-state index < -0.39 is 16.1 Å². The van der Waals surface area contributed by atoms with Gasteiger partial charge in [0.1, 0.15) is 5.78 Å². The van der Waals surface area contributed by atoms with Gasteiger partial charge in [0.05, 0.1) is 16.6 Å². The summed E-state index contributed by atoms with van der Waals surface area (Å²) in [6.45, 7) is 1.48. The maximum Gasteiger partial charge on any atom is 0.265 e. The first kappa shape index (κ1) is 13.8. The molecule has 1 atom stereocenters. The standard InChI is InChI=1S/C16H15NO3S/c1-12(18)11-15-14-9-5-6-10-16(14)21(19,20)17(15)13-7-3-2-4-8-13/h2-10,15H,11H2,1H3/t15-/m0/s1. The second kappa shape index (κ2) is 5.00. The molecule has 1 aliphatic rings. The molecule has 108 valence electrons. The lowest BCUT2D eigenvalue weighted by atomic mass is 10.0. The normalized spacial score (nSPS) is 19.3. The van der Waals surface area contributed by atoms with Gasteiger partial charge in [-0.3, -0.25) is 9.10 Å². The number of hydrogen-bond donors (Lipinski definition) is 0. The molecule has 0 saturated heterocycles. The van der Waals surface area contributed by atoms with Gasteiger partial charge >= 0.3 is 0 Å². The van der Waals surface area contributed by atoms with E-state index in [9.17, 15) is 13.2 Å². The number of ketones is 1. The third kappa shape index (κ3) is 2.23. The van der Waals surface area contributed by atoms with Crippen molar-refractivity contribution in [1.82, 2.24) is 0 Å². The molecular formula is C16H15NO3S. The lowest BCUT2D eigenvalue weighted by molar-refractivity contribution is -0.117. The molecule has 0 aliphatic carbocycles. The van der Waals surface area contributed by atoms with E-state index in [2.05, 4.69) is 0 Å². The second-order valence-electron chi connectivity index (χ2n) is 5.10. The summed E-state index contributed by atoms with van der Waals surface area (Å²) in [6, 6.07) is 15.3. The van der Waals surface area contributed by atoms with Gasteiger partial charge in [-0.15, -0.1) is 0 Å². The Balaban J connectivity index is 2.20. The molecule has 0 radical (unpaired) electrons. The lowest BCUT2D eigenvalue weighted by Gasteiger charge is -2.25. The number of fused-ring (bicyclic) bond motifs is 1. The molecule has 21 heavy (non-hydrogen) atoms. The Morgan fingerprint density at radius 2 is 1.67 bits per heavy atom. The maximum atomic E-state index is 12.8. The molecule has 4 nitrogen and oxygen atoms in total. The minimum Gasteiger partial charge on any atom is -0.300 e. The summed E-state index contributed by atoms with van der Waals surface area (Å²) in [5, 5.41) is 0. The molecule has 0 unspecified atom stereocenters. The fourth-order valence-corrected chi connectivity index (χ4v) is 4.64. The Bertz CT molecular complexity index is 784. The van der Waals surface area contributed by atoms with E-state index in [1.807, 2.05) is 6.07 Å². The lowest BCUT2D eigenvalue weighted by Crippen LogP contribution is -2.29. The van der Waals surface area contributed by atoms with Crippen LogP contribution in [0.1, 0.15) is 24.9 Å². The van der Waals surface area contributed by atoms with Crippen LogP contribution in [0.15, 0.2) is 59.5 Å². The van der Waals surface area contributed by atoms with Crippen LogP contribution in [0.2, 0.25) is 0 Å². The summed E-state index contributed by atoms with van der Waals surface area (Å²) in [4.78, 5) is 11.9. The predicted molar refractivity (Wildman–Crippen MR) is 80.6 cm³/mol. The first-order chi connectivity index (χ1) is 10.0. The Kier molecular flexibility index (Phi) is 3.29. The van der Waals surface area contributed by atoms with Crippen LogP contribution in [-0.4, -0.2) is 14.2 Å². The number of rotatable bonds is 3. The van der Waals surface area contributed by atoms with Gasteiger partial charge < -0.3 is 0 Å². The third-order valence-corrected chi connectivity index (χ3v) is 5.50. The van der Waals surface area contributed by atoms with Crippen LogP contribution in [0.4, 0.5) is 5.69 Å². The summed E-state index contributed by atoms with van der Waals surface area (Å²) in [5.41, 5.74) is 1.27. The average molecular weight is 301 g/mol. The molecule has 0 bridgehead atoms. The Hall–Kier alpha value is -2.14. The highest BCUT2D eigenvalue weighted by Crippen LogP contribution is 2.44. The summed E-state index contributed by atoms with van der Waals surface area (Å²) < 4.78 is 26.9. The minimum atomic E-state index is -3.61. The summed E-state index contributed by atoms with van der Waals surface area (Å²) in [7, 11) is -3.61. The Morgan fingerprint density at radius 1 is 1.05 bits per heavy atom. The molecule has 2 aromatic rings. The van der Waals surface area contributed by atoms with Crippen LogP contribution in [0.3, 0.4) is 0 Å². The van der Waals surface area contributed by atoms with Gasteiger partial charge in [0, 0.05) is 6.42 Å². The fourth-order valence-electron chi connectivity index (χ4n) is 2.75. The van der Waals surface area contributed by atoms with Gasteiger partial charge in [0.25, 0.3) is 10.0 Å². The zero-order valence-corrected chi connectivity index (χ0v) is 12.4. The van der Waals surface area contributed by atoms with Crippen LogP contribution >= 0.6 is 0 Å². The van der Waals surface area contributed by atoms with Crippen molar-refractivity contribution in [3.63, 3.8) is 0 Å². The third-order valence-electron chi connectivity index (χ3n) is 3.59. The van der Waals surface area contributed by atoms with Crippen molar-refractivity contribution in [3.05, 3.63) is 60.2 Å². The van der Waals surface area contributed by atoms with Gasteiger partial charge in [-0.2, -0.15) is 0 Å². The monoisotopic (exact) mass is 301 g/mol. The molecule has 0 N–H and O–H groups in total. The van der Waals surface area contributed by atoms with Crippen molar-refractivity contribution in [2.45, 2.75) is 24.3 Å². The molecule has 2 aromatic carbocycles. The molecule has 0 saturated carbocycles. The fraction of sp³-hybridized carbons (Fsp3) is 0.188. The number of nitrogens with zero attached hydrogens (tertiary/aromatic N) is 1. The van der Waals surface area contributed by atoms with Crippen molar-refractivity contribution in [2.24, 2.45) is 0 Å². The molecule has 0 aromatic heterocycles. The number of sulfonamides is 1. The van der Waals surface area contributed by atoms with Crippen LogP contribution in [-0.2, 0) is 14.8 Å². The maximum absolute atomic E-state index is 12.8. The Labute approximate surface area is 124 Å². The van der Waals surface area contributed by atoms with Crippen LogP contribution in [0.25, 0.3) is 0 Å². The van der Waals surface area contributed by atoms with Crippen LogP contribution in [0.5, 0.6) is 0 Å². The van der Waals surface area contributed by atoms with Crippen molar-refractivity contribution in [2.75, 3.05) is 4.31 Å². The number of benzene rings is 2. The molecule has 3 rings (SSSR count). The number of Topliss-reactive ketones (excluding diaryl/α,β-unsaturated/α-hetero) is 1.